The summed E-state index contributed by atoms with van der Waals surface area (Å²) in [6, 6.07) is 6.32. The van der Waals surface area contributed by atoms with Crippen molar-refractivity contribution >= 4 is 11.6 Å². The lowest BCUT2D eigenvalue weighted by Crippen LogP contribution is -2.38. The molecule has 0 saturated heterocycles. The van der Waals surface area contributed by atoms with E-state index in [2.05, 4.69) is 4.90 Å². The number of nitrogen functional groups attached to an aromatic ring is 1. The van der Waals surface area contributed by atoms with E-state index in [9.17, 15) is 4.79 Å². The van der Waals surface area contributed by atoms with Gasteiger partial charge in [0.2, 0.25) is 0 Å². The highest BCUT2D eigenvalue weighted by atomic mass is 16.2. The second-order valence-electron chi connectivity index (χ2n) is 5.98. The standard InChI is InChI=1S/C15H18N2O/c16-12-3-1-2-11-8-17(15(18)13(11)12)14(9-4-5-9)10-6-7-10/h1-3,9-10,14H,4-8,16H2. The molecule has 1 aliphatic heterocycles. The molecular weight excluding hydrogens is 224 g/mol. The van der Waals surface area contributed by atoms with E-state index in [1.165, 1.54) is 25.7 Å². The zero-order chi connectivity index (χ0) is 12.3. The molecule has 18 heavy (non-hydrogen) atoms. The van der Waals surface area contributed by atoms with Gasteiger partial charge < -0.3 is 10.6 Å². The van der Waals surface area contributed by atoms with Gasteiger partial charge in [0.1, 0.15) is 0 Å². The Morgan fingerprint density at radius 2 is 1.83 bits per heavy atom. The summed E-state index contributed by atoms with van der Waals surface area (Å²) in [5.41, 5.74) is 8.49. The number of carbonyl (C=O) groups excluding carboxylic acids is 1. The van der Waals surface area contributed by atoms with Gasteiger partial charge in [-0.1, -0.05) is 12.1 Å². The molecule has 2 saturated carbocycles. The van der Waals surface area contributed by atoms with E-state index < -0.39 is 0 Å². The molecule has 3 heteroatoms. The Labute approximate surface area is 107 Å². The van der Waals surface area contributed by atoms with Gasteiger partial charge in [-0.15, -0.1) is 0 Å². The van der Waals surface area contributed by atoms with E-state index >= 15 is 0 Å². The molecule has 4 rings (SSSR count). The fourth-order valence-electron chi connectivity index (χ4n) is 3.42. The summed E-state index contributed by atoms with van der Waals surface area (Å²) >= 11 is 0. The van der Waals surface area contributed by atoms with E-state index in [4.69, 9.17) is 5.73 Å². The lowest BCUT2D eigenvalue weighted by atomic mass is 10.1. The summed E-state index contributed by atoms with van der Waals surface area (Å²) in [6.07, 6.45) is 5.21. The monoisotopic (exact) mass is 242 g/mol. The van der Waals surface area contributed by atoms with Crippen molar-refractivity contribution < 1.29 is 4.79 Å². The molecule has 0 aromatic heterocycles. The van der Waals surface area contributed by atoms with Crippen LogP contribution in [0.4, 0.5) is 5.69 Å². The third-order valence-corrected chi connectivity index (χ3v) is 4.57. The van der Waals surface area contributed by atoms with Crippen molar-refractivity contribution in [2.24, 2.45) is 11.8 Å². The first-order valence-corrected chi connectivity index (χ1v) is 6.94. The Kier molecular flexibility index (Phi) is 2.02. The van der Waals surface area contributed by atoms with Crippen LogP contribution in [0.2, 0.25) is 0 Å². The molecule has 2 aliphatic carbocycles. The molecule has 94 valence electrons. The largest absolute Gasteiger partial charge is 0.398 e. The molecule has 1 aromatic rings. The minimum Gasteiger partial charge on any atom is -0.398 e. The van der Waals surface area contributed by atoms with Crippen LogP contribution in [0.1, 0.15) is 41.6 Å². The minimum atomic E-state index is 0.173. The summed E-state index contributed by atoms with van der Waals surface area (Å²) in [5, 5.41) is 0. The van der Waals surface area contributed by atoms with Crippen LogP contribution in [0.25, 0.3) is 0 Å². The molecule has 0 bridgehead atoms. The zero-order valence-electron chi connectivity index (χ0n) is 10.4. The smallest absolute Gasteiger partial charge is 0.256 e. The molecule has 1 aromatic carbocycles. The number of amides is 1. The molecule has 0 atom stereocenters. The van der Waals surface area contributed by atoms with E-state index in [0.29, 0.717) is 11.7 Å². The summed E-state index contributed by atoms with van der Waals surface area (Å²) in [6.45, 7) is 0.775. The van der Waals surface area contributed by atoms with Gasteiger partial charge >= 0.3 is 0 Å². The normalized spacial score (nSPS) is 22.7. The number of benzene rings is 1. The van der Waals surface area contributed by atoms with Crippen LogP contribution in [-0.2, 0) is 6.54 Å². The molecular formula is C15H18N2O. The van der Waals surface area contributed by atoms with Crippen LogP contribution in [0.3, 0.4) is 0 Å². The molecule has 3 nitrogen and oxygen atoms in total. The van der Waals surface area contributed by atoms with Gasteiger partial charge in [0.15, 0.2) is 0 Å². The maximum absolute atomic E-state index is 12.6. The van der Waals surface area contributed by atoms with Crippen LogP contribution in [0.15, 0.2) is 18.2 Å². The van der Waals surface area contributed by atoms with E-state index in [-0.39, 0.29) is 5.91 Å². The van der Waals surface area contributed by atoms with Gasteiger partial charge in [-0.05, 0) is 49.1 Å². The molecule has 2 N–H and O–H groups in total. The molecule has 1 amide bonds. The van der Waals surface area contributed by atoms with E-state index in [1.54, 1.807) is 0 Å². The van der Waals surface area contributed by atoms with Crippen molar-refractivity contribution in [2.75, 3.05) is 5.73 Å². The van der Waals surface area contributed by atoms with Crippen molar-refractivity contribution in [1.29, 1.82) is 0 Å². The van der Waals surface area contributed by atoms with Crippen molar-refractivity contribution in [3.05, 3.63) is 29.3 Å². The SMILES string of the molecule is Nc1cccc2c1C(=O)N(C(C1CC1)C1CC1)C2. The number of rotatable bonds is 3. The van der Waals surface area contributed by atoms with Crippen LogP contribution < -0.4 is 5.73 Å². The van der Waals surface area contributed by atoms with E-state index in [1.807, 2.05) is 18.2 Å². The van der Waals surface area contributed by atoms with Crippen molar-refractivity contribution in [2.45, 2.75) is 38.3 Å². The Hall–Kier alpha value is -1.51. The number of anilines is 1. The highest BCUT2D eigenvalue weighted by Crippen LogP contribution is 2.49. The summed E-state index contributed by atoms with van der Waals surface area (Å²) in [5.74, 6) is 1.70. The predicted octanol–water partition coefficient (Wildman–Crippen LogP) is 2.41. The van der Waals surface area contributed by atoms with Gasteiger partial charge in [-0.25, -0.2) is 0 Å². The van der Waals surface area contributed by atoms with Crippen molar-refractivity contribution in [3.8, 4) is 0 Å². The molecule has 3 aliphatic rings. The Balaban J connectivity index is 1.69. The maximum Gasteiger partial charge on any atom is 0.256 e. The lowest BCUT2D eigenvalue weighted by Gasteiger charge is -2.28. The number of hydrogen-bond acceptors (Lipinski definition) is 2. The molecule has 0 radical (unpaired) electrons. The van der Waals surface area contributed by atoms with Crippen molar-refractivity contribution in [1.82, 2.24) is 4.90 Å². The second-order valence-corrected chi connectivity index (χ2v) is 5.98. The number of fused-ring (bicyclic) bond motifs is 1. The minimum absolute atomic E-state index is 0.173. The third-order valence-electron chi connectivity index (χ3n) is 4.57. The molecule has 1 heterocycles. The molecule has 0 unspecified atom stereocenters. The number of hydrogen-bond donors (Lipinski definition) is 1. The topological polar surface area (TPSA) is 46.3 Å². The summed E-state index contributed by atoms with van der Waals surface area (Å²) in [4.78, 5) is 14.7. The number of nitrogens with two attached hydrogens (primary N) is 1. The Bertz CT molecular complexity index is 505. The fourth-order valence-corrected chi connectivity index (χ4v) is 3.42. The first-order chi connectivity index (χ1) is 8.75. The maximum atomic E-state index is 12.6. The van der Waals surface area contributed by atoms with Gasteiger partial charge in [-0.3, -0.25) is 4.79 Å². The third kappa shape index (κ3) is 1.46. The van der Waals surface area contributed by atoms with Crippen molar-refractivity contribution in [3.63, 3.8) is 0 Å². The predicted molar refractivity (Wildman–Crippen MR) is 70.0 cm³/mol. The van der Waals surface area contributed by atoms with Gasteiger partial charge in [0.05, 0.1) is 5.56 Å². The van der Waals surface area contributed by atoms with Crippen LogP contribution >= 0.6 is 0 Å². The van der Waals surface area contributed by atoms with Gasteiger partial charge in [-0.2, -0.15) is 0 Å². The Morgan fingerprint density at radius 1 is 1.17 bits per heavy atom. The fraction of sp³-hybridized carbons (Fsp3) is 0.533. The average Bonchev–Trinajstić information content (AvgIpc) is 3.22. The highest BCUT2D eigenvalue weighted by molar-refractivity contribution is 6.03. The quantitative estimate of drug-likeness (QED) is 0.827. The van der Waals surface area contributed by atoms with Gasteiger partial charge in [0.25, 0.3) is 5.91 Å². The van der Waals surface area contributed by atoms with Crippen LogP contribution in [0, 0.1) is 11.8 Å². The lowest BCUT2D eigenvalue weighted by molar-refractivity contribution is 0.0653. The zero-order valence-corrected chi connectivity index (χ0v) is 10.4. The summed E-state index contributed by atoms with van der Waals surface area (Å²) < 4.78 is 0. The molecule has 0 spiro atoms. The first kappa shape index (κ1) is 10.4. The van der Waals surface area contributed by atoms with Crippen LogP contribution in [-0.4, -0.2) is 16.8 Å². The van der Waals surface area contributed by atoms with E-state index in [0.717, 1.165) is 29.5 Å². The van der Waals surface area contributed by atoms with Gasteiger partial charge in [0, 0.05) is 18.3 Å². The highest BCUT2D eigenvalue weighted by Gasteiger charge is 2.48. The molecule has 2 fully saturated rings. The first-order valence-electron chi connectivity index (χ1n) is 6.94. The number of carbonyl (C=O) groups is 1. The second kappa shape index (κ2) is 3.50. The average molecular weight is 242 g/mol. The number of nitrogens with zero attached hydrogens (tertiary/aromatic N) is 1. The Morgan fingerprint density at radius 3 is 2.39 bits per heavy atom. The summed E-state index contributed by atoms with van der Waals surface area (Å²) in [7, 11) is 0. The van der Waals surface area contributed by atoms with Crippen LogP contribution in [0.5, 0.6) is 0 Å².